The molecule has 2 saturated heterocycles. The van der Waals surface area contributed by atoms with Gasteiger partial charge in [-0.2, -0.15) is 4.98 Å². The summed E-state index contributed by atoms with van der Waals surface area (Å²) in [7, 11) is 0. The predicted octanol–water partition coefficient (Wildman–Crippen LogP) is -0.713. The molecule has 2 aliphatic rings. The molecule has 10 nitrogen and oxygen atoms in total. The number of aromatic nitrogens is 4. The van der Waals surface area contributed by atoms with Gasteiger partial charge in [0.05, 0.1) is 26.2 Å². The number of aryl methyl sites for hydroxylation is 2. The molecule has 0 bridgehead atoms. The van der Waals surface area contributed by atoms with E-state index in [-0.39, 0.29) is 18.2 Å². The van der Waals surface area contributed by atoms with Crippen molar-refractivity contribution in [3.8, 4) is 0 Å². The summed E-state index contributed by atoms with van der Waals surface area (Å²) in [5.41, 5.74) is 1.81. The van der Waals surface area contributed by atoms with Crippen LogP contribution in [-0.2, 0) is 20.7 Å². The maximum atomic E-state index is 12.7. The van der Waals surface area contributed by atoms with Gasteiger partial charge in [-0.25, -0.2) is 9.50 Å². The Kier molecular flexibility index (Phi) is 5.72. The standard InChI is InChI=1S/C19H27N7O3/c1-14-11-15(2)26-19(20-14)21-16(22-26)12-17(27)24-3-5-25(6-4-24)18(28)13-23-7-9-29-10-8-23/h11H,3-10,12-13H2,1-2H3. The normalized spacial score (nSPS) is 18.4. The molecule has 0 atom stereocenters. The van der Waals surface area contributed by atoms with E-state index in [1.807, 2.05) is 24.8 Å². The quantitative estimate of drug-likeness (QED) is 0.668. The highest BCUT2D eigenvalue weighted by molar-refractivity contribution is 5.80. The van der Waals surface area contributed by atoms with Gasteiger partial charge in [-0.3, -0.25) is 14.5 Å². The molecular formula is C19H27N7O3. The number of amides is 2. The second-order valence-corrected chi connectivity index (χ2v) is 7.61. The van der Waals surface area contributed by atoms with Gasteiger partial charge in [0, 0.05) is 50.7 Å². The van der Waals surface area contributed by atoms with Crippen LogP contribution in [0.15, 0.2) is 6.07 Å². The summed E-state index contributed by atoms with van der Waals surface area (Å²) in [6.07, 6.45) is 0.142. The maximum absolute atomic E-state index is 12.7. The van der Waals surface area contributed by atoms with Crippen molar-refractivity contribution in [1.82, 2.24) is 34.3 Å². The van der Waals surface area contributed by atoms with E-state index in [1.54, 1.807) is 9.42 Å². The van der Waals surface area contributed by atoms with Crippen LogP contribution in [0.5, 0.6) is 0 Å². The van der Waals surface area contributed by atoms with E-state index in [0.29, 0.717) is 57.5 Å². The van der Waals surface area contributed by atoms with Crippen LogP contribution < -0.4 is 0 Å². The first-order valence-electron chi connectivity index (χ1n) is 10.0. The predicted molar refractivity (Wildman–Crippen MR) is 104 cm³/mol. The van der Waals surface area contributed by atoms with Crippen molar-refractivity contribution in [1.29, 1.82) is 0 Å². The van der Waals surface area contributed by atoms with E-state index >= 15 is 0 Å². The van der Waals surface area contributed by atoms with Crippen LogP contribution in [0.1, 0.15) is 17.2 Å². The lowest BCUT2D eigenvalue weighted by atomic mass is 10.2. The molecule has 0 aromatic carbocycles. The number of rotatable bonds is 4. The summed E-state index contributed by atoms with van der Waals surface area (Å²) < 4.78 is 6.99. The van der Waals surface area contributed by atoms with E-state index in [1.165, 1.54) is 0 Å². The Bertz CT molecular complexity index is 899. The number of carbonyl (C=O) groups excluding carboxylic acids is 2. The van der Waals surface area contributed by atoms with Gasteiger partial charge >= 0.3 is 0 Å². The second kappa shape index (κ2) is 8.42. The molecule has 0 N–H and O–H groups in total. The van der Waals surface area contributed by atoms with Gasteiger partial charge in [0.2, 0.25) is 11.8 Å². The third kappa shape index (κ3) is 4.54. The minimum Gasteiger partial charge on any atom is -0.379 e. The Labute approximate surface area is 169 Å². The first-order chi connectivity index (χ1) is 14.0. The Morgan fingerprint density at radius 3 is 2.31 bits per heavy atom. The lowest BCUT2D eigenvalue weighted by Gasteiger charge is -2.36. The third-order valence-electron chi connectivity index (χ3n) is 5.42. The van der Waals surface area contributed by atoms with Crippen LogP contribution >= 0.6 is 0 Å². The molecule has 29 heavy (non-hydrogen) atoms. The monoisotopic (exact) mass is 401 g/mol. The zero-order chi connectivity index (χ0) is 20.4. The van der Waals surface area contributed by atoms with Crippen LogP contribution in [0.25, 0.3) is 5.78 Å². The largest absolute Gasteiger partial charge is 0.379 e. The van der Waals surface area contributed by atoms with Gasteiger partial charge in [-0.05, 0) is 19.9 Å². The zero-order valence-corrected chi connectivity index (χ0v) is 17.0. The van der Waals surface area contributed by atoms with Crippen molar-refractivity contribution in [3.63, 3.8) is 0 Å². The van der Waals surface area contributed by atoms with Crippen LogP contribution in [0, 0.1) is 13.8 Å². The number of ether oxygens (including phenoxy) is 1. The summed E-state index contributed by atoms with van der Waals surface area (Å²) in [6, 6.07) is 1.93. The first kappa shape index (κ1) is 19.7. The van der Waals surface area contributed by atoms with Gasteiger partial charge in [0.25, 0.3) is 5.78 Å². The average Bonchev–Trinajstić information content (AvgIpc) is 3.11. The topological polar surface area (TPSA) is 96.2 Å². The highest BCUT2D eigenvalue weighted by atomic mass is 16.5. The molecule has 0 spiro atoms. The van der Waals surface area contributed by atoms with Crippen molar-refractivity contribution >= 4 is 17.6 Å². The molecule has 10 heteroatoms. The van der Waals surface area contributed by atoms with Crippen LogP contribution in [0.3, 0.4) is 0 Å². The number of nitrogens with zero attached hydrogens (tertiary/aromatic N) is 7. The molecule has 2 aliphatic heterocycles. The van der Waals surface area contributed by atoms with E-state index in [2.05, 4.69) is 20.0 Å². The highest BCUT2D eigenvalue weighted by Gasteiger charge is 2.26. The van der Waals surface area contributed by atoms with Crippen molar-refractivity contribution in [3.05, 3.63) is 23.3 Å². The van der Waals surface area contributed by atoms with E-state index < -0.39 is 0 Å². The minimum absolute atomic E-state index is 0.0180. The van der Waals surface area contributed by atoms with Gasteiger partial charge in [0.15, 0.2) is 5.82 Å². The summed E-state index contributed by atoms with van der Waals surface area (Å²) in [5, 5.41) is 4.41. The number of hydrogen-bond donors (Lipinski definition) is 0. The lowest BCUT2D eigenvalue weighted by molar-refractivity contribution is -0.140. The summed E-state index contributed by atoms with van der Waals surface area (Å²) in [4.78, 5) is 39.7. The fraction of sp³-hybridized carbons (Fsp3) is 0.632. The fourth-order valence-electron chi connectivity index (χ4n) is 3.79. The van der Waals surface area contributed by atoms with Gasteiger partial charge in [-0.1, -0.05) is 0 Å². The van der Waals surface area contributed by atoms with Gasteiger partial charge < -0.3 is 14.5 Å². The molecule has 0 unspecified atom stereocenters. The van der Waals surface area contributed by atoms with Gasteiger partial charge in [0.1, 0.15) is 0 Å². The fourth-order valence-corrected chi connectivity index (χ4v) is 3.79. The van der Waals surface area contributed by atoms with Gasteiger partial charge in [-0.15, -0.1) is 5.10 Å². The van der Waals surface area contributed by atoms with Crippen molar-refractivity contribution in [2.24, 2.45) is 0 Å². The molecular weight excluding hydrogens is 374 g/mol. The van der Waals surface area contributed by atoms with E-state index in [9.17, 15) is 9.59 Å². The summed E-state index contributed by atoms with van der Waals surface area (Å²) >= 11 is 0. The van der Waals surface area contributed by atoms with Crippen molar-refractivity contribution in [2.75, 3.05) is 59.0 Å². The number of morpholine rings is 1. The molecule has 2 fully saturated rings. The first-order valence-corrected chi connectivity index (χ1v) is 10.0. The molecule has 0 radical (unpaired) electrons. The van der Waals surface area contributed by atoms with Crippen LogP contribution in [0.2, 0.25) is 0 Å². The third-order valence-corrected chi connectivity index (χ3v) is 5.42. The average molecular weight is 401 g/mol. The van der Waals surface area contributed by atoms with Crippen molar-refractivity contribution in [2.45, 2.75) is 20.3 Å². The molecule has 0 aliphatic carbocycles. The second-order valence-electron chi connectivity index (χ2n) is 7.61. The SMILES string of the molecule is Cc1cc(C)n2nc(CC(=O)N3CCN(C(=O)CN4CCOCC4)CC3)nc2n1. The number of fused-ring (bicyclic) bond motifs is 1. The summed E-state index contributed by atoms with van der Waals surface area (Å²) in [6.45, 7) is 9.43. The number of piperazine rings is 1. The molecule has 4 rings (SSSR count). The Balaban J connectivity index is 1.30. The smallest absolute Gasteiger partial charge is 0.252 e. The molecule has 2 aromatic rings. The zero-order valence-electron chi connectivity index (χ0n) is 17.0. The van der Waals surface area contributed by atoms with E-state index in [4.69, 9.17) is 4.74 Å². The summed E-state index contributed by atoms with van der Waals surface area (Å²) in [5.74, 6) is 1.10. The molecule has 156 valence electrons. The minimum atomic E-state index is -0.0180. The molecule has 4 heterocycles. The molecule has 0 saturated carbocycles. The lowest BCUT2D eigenvalue weighted by Crippen LogP contribution is -2.53. The van der Waals surface area contributed by atoms with Crippen LogP contribution in [-0.4, -0.2) is 105 Å². The molecule has 2 aromatic heterocycles. The Hall–Kier alpha value is -2.59. The van der Waals surface area contributed by atoms with Crippen LogP contribution in [0.4, 0.5) is 0 Å². The number of carbonyl (C=O) groups is 2. The Morgan fingerprint density at radius 1 is 0.966 bits per heavy atom. The van der Waals surface area contributed by atoms with E-state index in [0.717, 1.165) is 24.5 Å². The molecule has 2 amide bonds. The maximum Gasteiger partial charge on any atom is 0.252 e. The Morgan fingerprint density at radius 2 is 1.62 bits per heavy atom. The van der Waals surface area contributed by atoms with Crippen molar-refractivity contribution < 1.29 is 14.3 Å². The highest BCUT2D eigenvalue weighted by Crippen LogP contribution is 2.09. The number of hydrogen-bond acceptors (Lipinski definition) is 7.